The van der Waals surface area contributed by atoms with Gasteiger partial charge in [-0.2, -0.15) is 0 Å². The predicted molar refractivity (Wildman–Crippen MR) is 75.8 cm³/mol. The van der Waals surface area contributed by atoms with Crippen LogP contribution < -0.4 is 9.64 Å². The molecule has 1 aliphatic rings. The number of rotatable bonds is 5. The zero-order valence-corrected chi connectivity index (χ0v) is 12.0. The lowest BCUT2D eigenvalue weighted by atomic mass is 10.0. The average Bonchev–Trinajstić information content (AvgIpc) is 2.45. The van der Waals surface area contributed by atoms with Crippen molar-refractivity contribution in [2.24, 2.45) is 0 Å². The molecule has 1 atom stereocenters. The number of aliphatic carboxylic acids is 1. The SMILES string of the molecule is CCN1C(=O)C(C)Oc2ccc(C(=O)CCC(=O)O)cc21. The third-order valence-corrected chi connectivity index (χ3v) is 3.37. The van der Waals surface area contributed by atoms with Crippen LogP contribution in [0.15, 0.2) is 18.2 Å². The van der Waals surface area contributed by atoms with Crippen molar-refractivity contribution in [2.45, 2.75) is 32.8 Å². The first-order valence-corrected chi connectivity index (χ1v) is 6.81. The van der Waals surface area contributed by atoms with Crippen molar-refractivity contribution in [3.05, 3.63) is 23.8 Å². The smallest absolute Gasteiger partial charge is 0.303 e. The van der Waals surface area contributed by atoms with E-state index in [9.17, 15) is 14.4 Å². The molecule has 6 nitrogen and oxygen atoms in total. The number of Topliss-reactive ketones (excluding diaryl/α,β-unsaturated/α-hetero) is 1. The van der Waals surface area contributed by atoms with E-state index in [-0.39, 0.29) is 24.5 Å². The molecular formula is C15H17NO5. The summed E-state index contributed by atoms with van der Waals surface area (Å²) in [6.45, 7) is 4.00. The lowest BCUT2D eigenvalue weighted by Gasteiger charge is -2.32. The monoisotopic (exact) mass is 291 g/mol. The fourth-order valence-electron chi connectivity index (χ4n) is 2.27. The number of ether oxygens (including phenoxy) is 1. The molecule has 21 heavy (non-hydrogen) atoms. The summed E-state index contributed by atoms with van der Waals surface area (Å²) in [5.74, 6) is -0.870. The van der Waals surface area contributed by atoms with Gasteiger partial charge in [-0.15, -0.1) is 0 Å². The number of hydrogen-bond acceptors (Lipinski definition) is 4. The van der Waals surface area contributed by atoms with Crippen molar-refractivity contribution in [1.29, 1.82) is 0 Å². The first kappa shape index (κ1) is 15.0. The van der Waals surface area contributed by atoms with Crippen LogP contribution in [0.1, 0.15) is 37.0 Å². The minimum atomic E-state index is -1.01. The van der Waals surface area contributed by atoms with Gasteiger partial charge in [0.15, 0.2) is 11.9 Å². The van der Waals surface area contributed by atoms with Crippen LogP contribution in [0.2, 0.25) is 0 Å². The molecule has 0 saturated carbocycles. The summed E-state index contributed by atoms with van der Waals surface area (Å²) in [7, 11) is 0. The second-order valence-corrected chi connectivity index (χ2v) is 4.84. The van der Waals surface area contributed by atoms with Gasteiger partial charge < -0.3 is 14.7 Å². The maximum Gasteiger partial charge on any atom is 0.303 e. The molecule has 2 rings (SSSR count). The van der Waals surface area contributed by atoms with Crippen molar-refractivity contribution < 1.29 is 24.2 Å². The van der Waals surface area contributed by atoms with Crippen LogP contribution in [0.4, 0.5) is 5.69 Å². The van der Waals surface area contributed by atoms with Crippen LogP contribution >= 0.6 is 0 Å². The van der Waals surface area contributed by atoms with Crippen molar-refractivity contribution in [3.63, 3.8) is 0 Å². The molecule has 0 fully saturated rings. The van der Waals surface area contributed by atoms with Gasteiger partial charge in [-0.05, 0) is 32.0 Å². The van der Waals surface area contributed by atoms with Gasteiger partial charge in [-0.1, -0.05) is 0 Å². The number of likely N-dealkylation sites (N-methyl/N-ethyl adjacent to an activating group) is 1. The first-order valence-electron chi connectivity index (χ1n) is 6.81. The molecule has 1 aromatic rings. The van der Waals surface area contributed by atoms with Crippen LogP contribution in [0, 0.1) is 0 Å². The number of fused-ring (bicyclic) bond motifs is 1. The Hall–Kier alpha value is -2.37. The molecule has 1 aliphatic heterocycles. The molecule has 0 radical (unpaired) electrons. The van der Waals surface area contributed by atoms with Gasteiger partial charge >= 0.3 is 5.97 Å². The standard InChI is InChI=1S/C15H17NO5/c1-3-16-11-8-10(12(17)5-7-14(18)19)4-6-13(11)21-9(2)15(16)20/h4,6,8-9H,3,5,7H2,1-2H3,(H,18,19). The van der Waals surface area contributed by atoms with Crippen molar-refractivity contribution >= 4 is 23.3 Å². The molecule has 1 heterocycles. The number of carboxylic acid groups (broad SMARTS) is 1. The van der Waals surface area contributed by atoms with E-state index < -0.39 is 12.1 Å². The molecule has 0 spiro atoms. The molecule has 0 bridgehead atoms. The van der Waals surface area contributed by atoms with Crippen LogP contribution in [0.3, 0.4) is 0 Å². The lowest BCUT2D eigenvalue weighted by Crippen LogP contribution is -2.44. The number of ketones is 1. The second kappa shape index (κ2) is 5.95. The number of carbonyl (C=O) groups excluding carboxylic acids is 2. The van der Waals surface area contributed by atoms with E-state index >= 15 is 0 Å². The number of nitrogens with zero attached hydrogens (tertiary/aromatic N) is 1. The van der Waals surface area contributed by atoms with E-state index in [0.717, 1.165) is 0 Å². The number of amides is 1. The highest BCUT2D eigenvalue weighted by atomic mass is 16.5. The Kier molecular flexibility index (Phi) is 4.26. The molecule has 1 aromatic carbocycles. The fraction of sp³-hybridized carbons (Fsp3) is 0.400. The Bertz CT molecular complexity index is 596. The molecule has 1 unspecified atom stereocenters. The molecule has 6 heteroatoms. The minimum Gasteiger partial charge on any atom is -0.481 e. The summed E-state index contributed by atoms with van der Waals surface area (Å²) in [5.41, 5.74) is 0.946. The molecule has 0 saturated heterocycles. The lowest BCUT2D eigenvalue weighted by molar-refractivity contribution is -0.137. The maximum absolute atomic E-state index is 12.1. The number of hydrogen-bond donors (Lipinski definition) is 1. The number of carbonyl (C=O) groups is 3. The normalized spacial score (nSPS) is 17.1. The number of carboxylic acids is 1. The quantitative estimate of drug-likeness (QED) is 0.837. The highest BCUT2D eigenvalue weighted by Crippen LogP contribution is 2.35. The summed E-state index contributed by atoms with van der Waals surface area (Å²) < 4.78 is 5.51. The van der Waals surface area contributed by atoms with Gasteiger partial charge in [0, 0.05) is 18.5 Å². The molecule has 1 amide bonds. The number of benzene rings is 1. The summed E-state index contributed by atoms with van der Waals surface area (Å²) in [4.78, 5) is 36.1. The Labute approximate surface area is 122 Å². The topological polar surface area (TPSA) is 83.9 Å². The van der Waals surface area contributed by atoms with Gasteiger partial charge in [0.05, 0.1) is 12.1 Å². The largest absolute Gasteiger partial charge is 0.481 e. The van der Waals surface area contributed by atoms with Gasteiger partial charge in [0.1, 0.15) is 5.75 Å². The summed E-state index contributed by atoms with van der Waals surface area (Å²) in [5, 5.41) is 8.62. The highest BCUT2D eigenvalue weighted by molar-refractivity contribution is 6.03. The van der Waals surface area contributed by atoms with Crippen LogP contribution in [-0.2, 0) is 9.59 Å². The van der Waals surface area contributed by atoms with E-state index in [1.54, 1.807) is 30.0 Å². The van der Waals surface area contributed by atoms with Crippen LogP contribution in [-0.4, -0.2) is 35.4 Å². The molecule has 0 aliphatic carbocycles. The van der Waals surface area contributed by atoms with E-state index in [4.69, 9.17) is 9.84 Å². The molecule has 112 valence electrons. The van der Waals surface area contributed by atoms with E-state index in [2.05, 4.69) is 0 Å². The van der Waals surface area contributed by atoms with Gasteiger partial charge in [-0.25, -0.2) is 0 Å². The third-order valence-electron chi connectivity index (χ3n) is 3.37. The predicted octanol–water partition coefficient (Wildman–Crippen LogP) is 1.87. The van der Waals surface area contributed by atoms with Gasteiger partial charge in [0.25, 0.3) is 5.91 Å². The van der Waals surface area contributed by atoms with Crippen molar-refractivity contribution in [1.82, 2.24) is 0 Å². The summed E-state index contributed by atoms with van der Waals surface area (Å²) >= 11 is 0. The second-order valence-electron chi connectivity index (χ2n) is 4.84. The minimum absolute atomic E-state index is 0.0640. The van der Waals surface area contributed by atoms with Gasteiger partial charge in [0.2, 0.25) is 0 Å². The fourth-order valence-corrected chi connectivity index (χ4v) is 2.27. The zero-order chi connectivity index (χ0) is 15.6. The van der Waals surface area contributed by atoms with Crippen molar-refractivity contribution in [3.8, 4) is 5.75 Å². The summed E-state index contributed by atoms with van der Waals surface area (Å²) in [6, 6.07) is 4.83. The Balaban J connectivity index is 2.29. The van der Waals surface area contributed by atoms with E-state index in [0.29, 0.717) is 23.5 Å². The first-order chi connectivity index (χ1) is 9.93. The third kappa shape index (κ3) is 3.04. The van der Waals surface area contributed by atoms with Crippen molar-refractivity contribution in [2.75, 3.05) is 11.4 Å². The Morgan fingerprint density at radius 2 is 2.05 bits per heavy atom. The highest BCUT2D eigenvalue weighted by Gasteiger charge is 2.30. The Morgan fingerprint density at radius 3 is 2.67 bits per heavy atom. The zero-order valence-electron chi connectivity index (χ0n) is 12.0. The van der Waals surface area contributed by atoms with Crippen LogP contribution in [0.25, 0.3) is 0 Å². The average molecular weight is 291 g/mol. The molecular weight excluding hydrogens is 274 g/mol. The Morgan fingerprint density at radius 1 is 1.33 bits per heavy atom. The van der Waals surface area contributed by atoms with Crippen LogP contribution in [0.5, 0.6) is 5.75 Å². The number of anilines is 1. The van der Waals surface area contributed by atoms with Gasteiger partial charge in [-0.3, -0.25) is 14.4 Å². The summed E-state index contributed by atoms with van der Waals surface area (Å²) in [6.07, 6.45) is -0.822. The van der Waals surface area contributed by atoms with E-state index in [1.165, 1.54) is 0 Å². The molecule has 1 N–H and O–H groups in total. The molecule has 0 aromatic heterocycles. The van der Waals surface area contributed by atoms with E-state index in [1.807, 2.05) is 6.92 Å². The maximum atomic E-state index is 12.1.